The molecule has 180 valence electrons. The van der Waals surface area contributed by atoms with Crippen molar-refractivity contribution in [2.75, 3.05) is 13.2 Å². The van der Waals surface area contributed by atoms with Gasteiger partial charge in [0.15, 0.2) is 0 Å². The molecule has 6 heteroatoms. The number of hydrogen-bond donors (Lipinski definition) is 3. The molecule has 2 rings (SSSR count). The first-order valence-corrected chi connectivity index (χ1v) is 12.4. The van der Waals surface area contributed by atoms with E-state index in [1.807, 2.05) is 24.3 Å². The van der Waals surface area contributed by atoms with Crippen LogP contribution in [0.1, 0.15) is 87.9 Å². The van der Waals surface area contributed by atoms with Gasteiger partial charge in [-0.15, -0.1) is 11.6 Å². The molecule has 3 N–H and O–H groups in total. The van der Waals surface area contributed by atoms with E-state index in [2.05, 4.69) is 19.1 Å². The van der Waals surface area contributed by atoms with Crippen LogP contribution >= 0.6 is 11.6 Å². The van der Waals surface area contributed by atoms with E-state index in [9.17, 15) is 15.0 Å². The maximum absolute atomic E-state index is 11.4. The highest BCUT2D eigenvalue weighted by molar-refractivity contribution is 6.21. The van der Waals surface area contributed by atoms with E-state index in [4.69, 9.17) is 21.4 Å². The van der Waals surface area contributed by atoms with E-state index in [1.165, 1.54) is 0 Å². The number of hydrogen-bond acceptors (Lipinski definition) is 5. The number of rotatable bonds is 14. The molecule has 0 aliphatic heterocycles. The summed E-state index contributed by atoms with van der Waals surface area (Å²) in [4.78, 5) is 11.4. The molecule has 0 bridgehead atoms. The van der Waals surface area contributed by atoms with Gasteiger partial charge in [-0.05, 0) is 49.1 Å². The third kappa shape index (κ3) is 8.51. The van der Waals surface area contributed by atoms with Gasteiger partial charge in [0, 0.05) is 17.7 Å². The number of ether oxygens (including phenoxy) is 1. The second-order valence-electron chi connectivity index (χ2n) is 8.73. The summed E-state index contributed by atoms with van der Waals surface area (Å²) >= 11 is 6.59. The molecule has 0 spiro atoms. The first-order chi connectivity index (χ1) is 15.5. The Kier molecular flexibility index (Phi) is 12.3. The SMILES string of the molecule is CCCCC[C@H](O)c1ccc([C@@H]2[C@@H](CC=CCCCC(=O)OCCO)[C@H](Cl)C[C@H]2O)cc1. The zero-order chi connectivity index (χ0) is 23.3. The molecular formula is C26H39ClO5. The molecular weight excluding hydrogens is 428 g/mol. The molecule has 0 amide bonds. The third-order valence-electron chi connectivity index (χ3n) is 6.28. The predicted octanol–water partition coefficient (Wildman–Crippen LogP) is 5.02. The van der Waals surface area contributed by atoms with Gasteiger partial charge in [-0.2, -0.15) is 0 Å². The van der Waals surface area contributed by atoms with Crippen molar-refractivity contribution in [2.24, 2.45) is 5.92 Å². The molecule has 1 aromatic carbocycles. The van der Waals surface area contributed by atoms with Crippen LogP contribution < -0.4 is 0 Å². The molecule has 0 aromatic heterocycles. The van der Waals surface area contributed by atoms with E-state index >= 15 is 0 Å². The highest BCUT2D eigenvalue weighted by Crippen LogP contribution is 2.45. The first kappa shape index (κ1) is 26.8. The van der Waals surface area contributed by atoms with Gasteiger partial charge in [-0.25, -0.2) is 0 Å². The van der Waals surface area contributed by atoms with Crippen LogP contribution in [0, 0.1) is 5.92 Å². The van der Waals surface area contributed by atoms with Gasteiger partial charge in [-0.3, -0.25) is 4.79 Å². The number of carbonyl (C=O) groups is 1. The van der Waals surface area contributed by atoms with Crippen molar-refractivity contribution < 1.29 is 24.9 Å². The van der Waals surface area contributed by atoms with Crippen molar-refractivity contribution >= 4 is 17.6 Å². The summed E-state index contributed by atoms with van der Waals surface area (Å²) in [6.45, 7) is 2.05. The number of carbonyl (C=O) groups excluding carboxylic acids is 1. The summed E-state index contributed by atoms with van der Waals surface area (Å²) in [6.07, 6.45) is 10.4. The van der Waals surface area contributed by atoms with Gasteiger partial charge in [0.2, 0.25) is 0 Å². The zero-order valence-electron chi connectivity index (χ0n) is 19.2. The number of allylic oxidation sites excluding steroid dienone is 2. The largest absolute Gasteiger partial charge is 0.463 e. The van der Waals surface area contributed by atoms with Crippen LogP contribution in [0.4, 0.5) is 0 Å². The molecule has 5 atom stereocenters. The minimum absolute atomic E-state index is 0.0260. The Bertz CT molecular complexity index is 690. The molecule has 32 heavy (non-hydrogen) atoms. The van der Waals surface area contributed by atoms with Crippen LogP contribution in [0.3, 0.4) is 0 Å². The van der Waals surface area contributed by atoms with E-state index < -0.39 is 12.2 Å². The van der Waals surface area contributed by atoms with E-state index in [0.717, 1.165) is 49.7 Å². The molecule has 1 aromatic rings. The van der Waals surface area contributed by atoms with Gasteiger partial charge in [0.25, 0.3) is 0 Å². The van der Waals surface area contributed by atoms with Crippen LogP contribution in [0.2, 0.25) is 0 Å². The molecule has 0 saturated heterocycles. The summed E-state index contributed by atoms with van der Waals surface area (Å²) in [5.41, 5.74) is 1.99. The fourth-order valence-corrected chi connectivity index (χ4v) is 4.93. The van der Waals surface area contributed by atoms with Crippen LogP contribution in [0.5, 0.6) is 0 Å². The minimum Gasteiger partial charge on any atom is -0.463 e. The van der Waals surface area contributed by atoms with Crippen LogP contribution in [0.25, 0.3) is 0 Å². The smallest absolute Gasteiger partial charge is 0.305 e. The fourth-order valence-electron chi connectivity index (χ4n) is 4.49. The lowest BCUT2D eigenvalue weighted by molar-refractivity contribution is -0.144. The number of aliphatic hydroxyl groups excluding tert-OH is 3. The summed E-state index contributed by atoms with van der Waals surface area (Å²) in [7, 11) is 0. The summed E-state index contributed by atoms with van der Waals surface area (Å²) in [5, 5.41) is 29.6. The minimum atomic E-state index is -0.475. The lowest BCUT2D eigenvalue weighted by Gasteiger charge is -2.23. The van der Waals surface area contributed by atoms with Gasteiger partial charge in [0.1, 0.15) is 6.61 Å². The van der Waals surface area contributed by atoms with Gasteiger partial charge < -0.3 is 20.1 Å². The molecule has 1 aliphatic rings. The standard InChI is InChI=1S/C26H39ClO5/c1-2-3-6-10-23(29)19-12-14-20(15-13-19)26-21(22(27)18-24(26)30)9-7-4-5-8-11-25(31)32-17-16-28/h4,7,12-15,21-24,26,28-30H,2-3,5-6,8-11,16-18H2,1H3/t21-,22+,23-,24+,26+/m0/s1. The lowest BCUT2D eigenvalue weighted by atomic mass is 9.84. The van der Waals surface area contributed by atoms with E-state index in [1.54, 1.807) is 0 Å². The Morgan fingerprint density at radius 3 is 2.66 bits per heavy atom. The zero-order valence-corrected chi connectivity index (χ0v) is 19.9. The molecule has 0 unspecified atom stereocenters. The molecule has 1 fully saturated rings. The highest BCUT2D eigenvalue weighted by atomic mass is 35.5. The topological polar surface area (TPSA) is 87.0 Å². The predicted molar refractivity (Wildman–Crippen MR) is 128 cm³/mol. The molecule has 5 nitrogen and oxygen atoms in total. The van der Waals surface area contributed by atoms with Crippen molar-refractivity contribution in [3.63, 3.8) is 0 Å². The number of alkyl halides is 1. The van der Waals surface area contributed by atoms with Gasteiger partial charge >= 0.3 is 5.97 Å². The summed E-state index contributed by atoms with van der Waals surface area (Å²) in [6, 6.07) is 8.00. The normalized spacial score (nSPS) is 24.2. The van der Waals surface area contributed by atoms with Crippen molar-refractivity contribution in [1.82, 2.24) is 0 Å². The van der Waals surface area contributed by atoms with Crippen molar-refractivity contribution in [3.05, 3.63) is 47.5 Å². The Morgan fingerprint density at radius 1 is 1.22 bits per heavy atom. The maximum atomic E-state index is 11.4. The Morgan fingerprint density at radius 2 is 1.97 bits per heavy atom. The van der Waals surface area contributed by atoms with E-state index in [0.29, 0.717) is 19.3 Å². The highest BCUT2D eigenvalue weighted by Gasteiger charge is 2.41. The van der Waals surface area contributed by atoms with Gasteiger partial charge in [0.05, 0.1) is 18.8 Å². The third-order valence-corrected chi connectivity index (χ3v) is 6.78. The number of benzene rings is 1. The molecule has 1 aliphatic carbocycles. The monoisotopic (exact) mass is 466 g/mol. The van der Waals surface area contributed by atoms with Crippen LogP contribution in [-0.2, 0) is 9.53 Å². The fraction of sp³-hybridized carbons (Fsp3) is 0.654. The average molecular weight is 467 g/mol. The summed E-state index contributed by atoms with van der Waals surface area (Å²) in [5.74, 6) is -0.175. The quantitative estimate of drug-likeness (QED) is 0.155. The Hall–Kier alpha value is -1.40. The second kappa shape index (κ2) is 14.7. The molecule has 0 heterocycles. The number of esters is 1. The van der Waals surface area contributed by atoms with Gasteiger partial charge in [-0.1, -0.05) is 62.6 Å². The molecule has 0 radical (unpaired) electrons. The van der Waals surface area contributed by atoms with E-state index in [-0.39, 0.29) is 36.4 Å². The lowest BCUT2D eigenvalue weighted by Crippen LogP contribution is -2.18. The summed E-state index contributed by atoms with van der Waals surface area (Å²) < 4.78 is 4.84. The average Bonchev–Trinajstić information content (AvgIpc) is 3.07. The first-order valence-electron chi connectivity index (χ1n) is 12.0. The van der Waals surface area contributed by atoms with Crippen LogP contribution in [0.15, 0.2) is 36.4 Å². The van der Waals surface area contributed by atoms with Crippen molar-refractivity contribution in [3.8, 4) is 0 Å². The Balaban J connectivity index is 1.88. The number of unbranched alkanes of at least 4 members (excludes halogenated alkanes) is 3. The maximum Gasteiger partial charge on any atom is 0.305 e. The number of halogens is 1. The second-order valence-corrected chi connectivity index (χ2v) is 9.29. The number of aliphatic hydroxyl groups is 3. The van der Waals surface area contributed by atoms with Crippen molar-refractivity contribution in [2.45, 2.75) is 88.2 Å². The molecule has 1 saturated carbocycles. The Labute approximate surface area is 197 Å². The van der Waals surface area contributed by atoms with Crippen molar-refractivity contribution in [1.29, 1.82) is 0 Å². The van der Waals surface area contributed by atoms with Crippen LogP contribution in [-0.4, -0.2) is 46.0 Å².